The van der Waals surface area contributed by atoms with Gasteiger partial charge in [0.1, 0.15) is 5.75 Å². The summed E-state index contributed by atoms with van der Waals surface area (Å²) in [6.07, 6.45) is -3.18. The lowest BCUT2D eigenvalue weighted by Crippen LogP contribution is -2.50. The monoisotopic (exact) mass is 499 g/mol. The molecule has 3 aromatic rings. The zero-order valence-corrected chi connectivity index (χ0v) is 19.0. The van der Waals surface area contributed by atoms with Crippen molar-refractivity contribution < 1.29 is 32.0 Å². The molecule has 0 aliphatic carbocycles. The molecule has 3 aliphatic rings. The highest BCUT2D eigenvalue weighted by Crippen LogP contribution is 2.52. The van der Waals surface area contributed by atoms with E-state index in [1.54, 1.807) is 18.2 Å². The molecule has 1 N–H and O–H groups in total. The Morgan fingerprint density at radius 3 is 2.53 bits per heavy atom. The number of aromatic nitrogens is 2. The number of para-hydroxylation sites is 1. The van der Waals surface area contributed by atoms with Crippen LogP contribution in [0, 0.1) is 0 Å². The number of alkyl halides is 3. The third kappa shape index (κ3) is 3.49. The van der Waals surface area contributed by atoms with Gasteiger partial charge in [-0.1, -0.05) is 28.9 Å². The van der Waals surface area contributed by atoms with E-state index < -0.39 is 29.9 Å². The molecule has 2 saturated heterocycles. The topological polar surface area (TPSA) is 97.7 Å². The van der Waals surface area contributed by atoms with Crippen molar-refractivity contribution in [2.75, 3.05) is 7.11 Å². The maximum absolute atomic E-state index is 13.2. The summed E-state index contributed by atoms with van der Waals surface area (Å²) in [5, 5.41) is 3.73. The Morgan fingerprint density at radius 2 is 1.89 bits per heavy atom. The zero-order valence-electron chi connectivity index (χ0n) is 19.0. The number of nitrogens with zero attached hydrogens (tertiary/aromatic N) is 2. The summed E-state index contributed by atoms with van der Waals surface area (Å²) in [7, 11) is 1.53. The second-order valence-corrected chi connectivity index (χ2v) is 9.08. The molecule has 2 bridgehead atoms. The molecule has 1 aromatic heterocycles. The van der Waals surface area contributed by atoms with Gasteiger partial charge in [0, 0.05) is 28.8 Å². The van der Waals surface area contributed by atoms with Crippen molar-refractivity contribution in [2.24, 2.45) is 0 Å². The van der Waals surface area contributed by atoms with Gasteiger partial charge >= 0.3 is 17.8 Å². The van der Waals surface area contributed by atoms with Crippen molar-refractivity contribution in [3.63, 3.8) is 0 Å². The number of carbonyl (C=O) groups excluding carboxylic acids is 1. The van der Waals surface area contributed by atoms with Gasteiger partial charge < -0.3 is 14.4 Å². The first-order valence-electron chi connectivity index (χ1n) is 11.4. The Morgan fingerprint density at radius 1 is 1.14 bits per heavy atom. The lowest BCUT2D eigenvalue weighted by molar-refractivity contribution is -0.189. The van der Waals surface area contributed by atoms with Crippen LogP contribution in [0.5, 0.6) is 17.2 Å². The van der Waals surface area contributed by atoms with Crippen molar-refractivity contribution in [2.45, 2.75) is 43.9 Å². The number of halogens is 3. The molecule has 36 heavy (non-hydrogen) atoms. The number of aromatic amines is 1. The number of carbonyl (C=O) groups is 1. The van der Waals surface area contributed by atoms with Gasteiger partial charge in [0.25, 0.3) is 0 Å². The fourth-order valence-electron chi connectivity index (χ4n) is 5.63. The van der Waals surface area contributed by atoms with E-state index in [-0.39, 0.29) is 5.82 Å². The number of hydrogen-bond donors (Lipinski definition) is 1. The molecule has 6 rings (SSSR count). The zero-order chi connectivity index (χ0) is 25.2. The predicted molar refractivity (Wildman–Crippen MR) is 121 cm³/mol. The summed E-state index contributed by atoms with van der Waals surface area (Å²) in [6, 6.07) is 9.77. The van der Waals surface area contributed by atoms with Crippen LogP contribution in [0.25, 0.3) is 17.0 Å². The Bertz CT molecular complexity index is 1460. The van der Waals surface area contributed by atoms with E-state index in [2.05, 4.69) is 14.7 Å². The molecule has 0 spiro atoms. The standard InChI is InChI=1S/C25H20F3N3O5/c1-34-18-4-2-3-17-20(13-9-14-6-7-15(10-13)31(14)23(32)25(26,27)28)16-8-5-12(11-19(16)35-21(17)18)22-29-24(33)36-30-22/h2-5,8,11,14-15H,6-7,9-10H2,1H3,(H,29,30,33). The van der Waals surface area contributed by atoms with E-state index in [4.69, 9.17) is 9.47 Å². The molecule has 2 unspecified atom stereocenters. The van der Waals surface area contributed by atoms with Gasteiger partial charge in [0.05, 0.1) is 7.11 Å². The second-order valence-electron chi connectivity index (χ2n) is 9.08. The van der Waals surface area contributed by atoms with E-state index in [0.717, 1.165) is 27.2 Å². The molecule has 3 aliphatic heterocycles. The quantitative estimate of drug-likeness (QED) is 0.431. The number of nitrogens with one attached hydrogen (secondary N) is 1. The van der Waals surface area contributed by atoms with E-state index in [9.17, 15) is 22.8 Å². The Balaban J connectivity index is 1.48. The highest BCUT2D eigenvalue weighted by atomic mass is 19.4. The third-order valence-corrected chi connectivity index (χ3v) is 7.06. The number of piperidine rings is 1. The summed E-state index contributed by atoms with van der Waals surface area (Å²) in [5.41, 5.74) is 3.93. The number of ether oxygens (including phenoxy) is 2. The summed E-state index contributed by atoms with van der Waals surface area (Å²) < 4.78 is 56.1. The van der Waals surface area contributed by atoms with Crippen molar-refractivity contribution in [1.29, 1.82) is 0 Å². The average Bonchev–Trinajstić information content (AvgIpc) is 3.40. The molecule has 0 radical (unpaired) electrons. The number of rotatable bonds is 2. The highest BCUT2D eigenvalue weighted by molar-refractivity contribution is 5.92. The molecule has 2 aromatic carbocycles. The van der Waals surface area contributed by atoms with E-state index in [1.165, 1.54) is 7.11 Å². The minimum absolute atomic E-state index is 0.239. The average molecular weight is 499 g/mol. The normalized spacial score (nSPS) is 20.6. The SMILES string of the molecule is COc1cccc2c1Oc1cc(-c3noc(=O)[nH]3)ccc1C2=C1CC2CCC(C1)N2C(=O)C(F)(F)F. The predicted octanol–water partition coefficient (Wildman–Crippen LogP) is 4.66. The molecule has 1 amide bonds. The smallest absolute Gasteiger partial charge is 0.471 e. The van der Waals surface area contributed by atoms with Crippen LogP contribution in [0.4, 0.5) is 13.2 Å². The van der Waals surface area contributed by atoms with Gasteiger partial charge in [0.2, 0.25) is 0 Å². The molecule has 2 fully saturated rings. The maximum Gasteiger partial charge on any atom is 0.471 e. The van der Waals surface area contributed by atoms with Gasteiger partial charge in [0.15, 0.2) is 17.3 Å². The van der Waals surface area contributed by atoms with Gasteiger partial charge in [-0.3, -0.25) is 14.3 Å². The summed E-state index contributed by atoms with van der Waals surface area (Å²) in [4.78, 5) is 27.1. The van der Waals surface area contributed by atoms with Crippen molar-refractivity contribution in [3.05, 3.63) is 63.6 Å². The van der Waals surface area contributed by atoms with Crippen LogP contribution in [0.1, 0.15) is 36.8 Å². The Kier molecular flexibility index (Phi) is 4.99. The van der Waals surface area contributed by atoms with E-state index in [1.807, 2.05) is 18.2 Å². The minimum atomic E-state index is -4.89. The fraction of sp³-hybridized carbons (Fsp3) is 0.320. The number of methoxy groups -OCH3 is 1. The second kappa shape index (κ2) is 8.00. The van der Waals surface area contributed by atoms with Crippen LogP contribution in [0.3, 0.4) is 0 Å². The number of amides is 1. The summed E-state index contributed by atoms with van der Waals surface area (Å²) >= 11 is 0. The summed E-state index contributed by atoms with van der Waals surface area (Å²) in [6.45, 7) is 0. The first kappa shape index (κ1) is 22.4. The fourth-order valence-corrected chi connectivity index (χ4v) is 5.63. The van der Waals surface area contributed by atoms with Crippen LogP contribution in [-0.4, -0.2) is 46.3 Å². The third-order valence-electron chi connectivity index (χ3n) is 7.06. The largest absolute Gasteiger partial charge is 0.493 e. The van der Waals surface area contributed by atoms with Crippen LogP contribution in [-0.2, 0) is 4.79 Å². The first-order chi connectivity index (χ1) is 17.2. The minimum Gasteiger partial charge on any atom is -0.493 e. The van der Waals surface area contributed by atoms with Crippen molar-refractivity contribution in [1.82, 2.24) is 15.0 Å². The van der Waals surface area contributed by atoms with Crippen molar-refractivity contribution in [3.8, 4) is 28.6 Å². The van der Waals surface area contributed by atoms with Gasteiger partial charge in [-0.05, 0) is 49.5 Å². The van der Waals surface area contributed by atoms with Crippen LogP contribution in [0.2, 0.25) is 0 Å². The number of hydrogen-bond acceptors (Lipinski definition) is 6. The van der Waals surface area contributed by atoms with Crippen molar-refractivity contribution >= 4 is 11.5 Å². The van der Waals surface area contributed by atoms with Crippen LogP contribution in [0.15, 0.2) is 51.3 Å². The van der Waals surface area contributed by atoms with Crippen LogP contribution >= 0.6 is 0 Å². The lowest BCUT2D eigenvalue weighted by Gasteiger charge is -2.38. The Hall–Kier alpha value is -4.02. The lowest BCUT2D eigenvalue weighted by atomic mass is 9.83. The molecule has 4 heterocycles. The molecule has 2 atom stereocenters. The van der Waals surface area contributed by atoms with Gasteiger partial charge in [-0.2, -0.15) is 13.2 Å². The Labute approximate surface area is 202 Å². The molecule has 186 valence electrons. The molecule has 0 saturated carbocycles. The molecular formula is C25H20F3N3O5. The van der Waals surface area contributed by atoms with Gasteiger partial charge in [-0.15, -0.1) is 0 Å². The first-order valence-corrected chi connectivity index (χ1v) is 11.4. The van der Waals surface area contributed by atoms with Crippen LogP contribution < -0.4 is 15.2 Å². The molecular weight excluding hydrogens is 479 g/mol. The number of benzene rings is 2. The van der Waals surface area contributed by atoms with E-state index >= 15 is 0 Å². The number of H-pyrrole nitrogens is 1. The summed E-state index contributed by atoms with van der Waals surface area (Å²) in [5.74, 6) is -0.736. The molecule has 8 nitrogen and oxygen atoms in total. The molecule has 11 heteroatoms. The highest BCUT2D eigenvalue weighted by Gasteiger charge is 2.51. The number of fused-ring (bicyclic) bond motifs is 4. The van der Waals surface area contributed by atoms with Gasteiger partial charge in [-0.25, -0.2) is 4.79 Å². The maximum atomic E-state index is 13.2. The van der Waals surface area contributed by atoms with E-state index in [0.29, 0.717) is 48.5 Å².